The Morgan fingerprint density at radius 2 is 1.50 bits per heavy atom. The number of carbonyl (C=O) groups is 1. The SMILES string of the molecule is O=C(/C=C/C=C(c1ccccc1)c1ccccc1)NCCCN1CCCCC1. The van der Waals surface area contributed by atoms with Gasteiger partial charge in [0.15, 0.2) is 0 Å². The molecule has 3 rings (SSSR count). The molecular weight excluding hydrogens is 344 g/mol. The van der Waals surface area contributed by atoms with E-state index in [9.17, 15) is 4.79 Å². The molecule has 0 aromatic heterocycles. The van der Waals surface area contributed by atoms with Gasteiger partial charge < -0.3 is 10.2 Å². The first-order chi connectivity index (χ1) is 13.8. The minimum Gasteiger partial charge on any atom is -0.353 e. The summed E-state index contributed by atoms with van der Waals surface area (Å²) in [5, 5.41) is 2.99. The number of benzene rings is 2. The fraction of sp³-hybridized carbons (Fsp3) is 0.320. The second kappa shape index (κ2) is 11.3. The molecule has 1 amide bonds. The van der Waals surface area contributed by atoms with Crippen molar-refractivity contribution in [2.24, 2.45) is 0 Å². The van der Waals surface area contributed by atoms with Crippen molar-refractivity contribution in [3.05, 3.63) is 90.0 Å². The van der Waals surface area contributed by atoms with Crippen LogP contribution in [0.3, 0.4) is 0 Å². The second-order valence-corrected chi connectivity index (χ2v) is 7.22. The van der Waals surface area contributed by atoms with Crippen LogP contribution in [-0.2, 0) is 4.79 Å². The molecule has 0 bridgehead atoms. The third-order valence-corrected chi connectivity index (χ3v) is 5.08. The maximum atomic E-state index is 12.1. The zero-order valence-electron chi connectivity index (χ0n) is 16.5. The quantitative estimate of drug-likeness (QED) is 0.414. The zero-order valence-corrected chi connectivity index (χ0v) is 16.5. The molecule has 1 heterocycles. The first-order valence-electron chi connectivity index (χ1n) is 10.3. The molecule has 2 aromatic carbocycles. The molecular formula is C25H30N2O. The molecule has 0 aliphatic carbocycles. The lowest BCUT2D eigenvalue weighted by atomic mass is 9.97. The van der Waals surface area contributed by atoms with Crippen molar-refractivity contribution in [1.82, 2.24) is 10.2 Å². The van der Waals surface area contributed by atoms with E-state index >= 15 is 0 Å². The van der Waals surface area contributed by atoms with Crippen molar-refractivity contribution in [3.8, 4) is 0 Å². The topological polar surface area (TPSA) is 32.3 Å². The zero-order chi connectivity index (χ0) is 19.4. The molecule has 0 saturated carbocycles. The molecule has 2 aromatic rings. The summed E-state index contributed by atoms with van der Waals surface area (Å²) in [7, 11) is 0. The molecule has 1 N–H and O–H groups in total. The van der Waals surface area contributed by atoms with Crippen molar-refractivity contribution in [2.75, 3.05) is 26.2 Å². The molecule has 3 heteroatoms. The highest BCUT2D eigenvalue weighted by molar-refractivity contribution is 5.88. The van der Waals surface area contributed by atoms with Crippen LogP contribution in [0.1, 0.15) is 36.8 Å². The van der Waals surface area contributed by atoms with Crippen molar-refractivity contribution < 1.29 is 4.79 Å². The van der Waals surface area contributed by atoms with Crippen LogP contribution in [0.4, 0.5) is 0 Å². The number of amides is 1. The Kier molecular flexibility index (Phi) is 8.07. The molecule has 146 valence electrons. The van der Waals surface area contributed by atoms with Crippen LogP contribution in [0.15, 0.2) is 78.9 Å². The van der Waals surface area contributed by atoms with Crippen LogP contribution in [0, 0.1) is 0 Å². The van der Waals surface area contributed by atoms with Gasteiger partial charge >= 0.3 is 0 Å². The van der Waals surface area contributed by atoms with Gasteiger partial charge in [0.1, 0.15) is 0 Å². The fourth-order valence-electron chi connectivity index (χ4n) is 3.58. The highest BCUT2D eigenvalue weighted by atomic mass is 16.1. The van der Waals surface area contributed by atoms with Crippen LogP contribution >= 0.6 is 0 Å². The number of rotatable bonds is 8. The van der Waals surface area contributed by atoms with Gasteiger partial charge in [-0.05, 0) is 55.6 Å². The van der Waals surface area contributed by atoms with E-state index in [4.69, 9.17) is 0 Å². The van der Waals surface area contributed by atoms with Gasteiger partial charge in [0.05, 0.1) is 0 Å². The number of hydrogen-bond donors (Lipinski definition) is 1. The van der Waals surface area contributed by atoms with E-state index in [1.54, 1.807) is 6.08 Å². The highest BCUT2D eigenvalue weighted by Gasteiger charge is 2.09. The molecule has 0 atom stereocenters. The van der Waals surface area contributed by atoms with Gasteiger partial charge in [-0.15, -0.1) is 0 Å². The summed E-state index contributed by atoms with van der Waals surface area (Å²) in [6.45, 7) is 4.23. The average molecular weight is 375 g/mol. The summed E-state index contributed by atoms with van der Waals surface area (Å²) in [5.74, 6) is -0.0321. The number of allylic oxidation sites excluding steroid dienone is 2. The third kappa shape index (κ3) is 6.50. The minimum absolute atomic E-state index is 0.0321. The summed E-state index contributed by atoms with van der Waals surface area (Å²) in [6.07, 6.45) is 10.5. The molecule has 3 nitrogen and oxygen atoms in total. The van der Waals surface area contributed by atoms with Crippen molar-refractivity contribution in [2.45, 2.75) is 25.7 Å². The fourth-order valence-corrected chi connectivity index (χ4v) is 3.58. The van der Waals surface area contributed by atoms with Gasteiger partial charge in [-0.2, -0.15) is 0 Å². The third-order valence-electron chi connectivity index (χ3n) is 5.08. The molecule has 0 radical (unpaired) electrons. The van der Waals surface area contributed by atoms with Crippen LogP contribution < -0.4 is 5.32 Å². The van der Waals surface area contributed by atoms with E-state index in [0.29, 0.717) is 0 Å². The minimum atomic E-state index is -0.0321. The lowest BCUT2D eigenvalue weighted by molar-refractivity contribution is -0.116. The predicted octanol–water partition coefficient (Wildman–Crippen LogP) is 4.67. The van der Waals surface area contributed by atoms with Crippen molar-refractivity contribution in [1.29, 1.82) is 0 Å². The maximum absolute atomic E-state index is 12.1. The van der Waals surface area contributed by atoms with Gasteiger partial charge in [-0.25, -0.2) is 0 Å². The number of carbonyl (C=O) groups excluding carboxylic acids is 1. The lowest BCUT2D eigenvalue weighted by Gasteiger charge is -2.26. The highest BCUT2D eigenvalue weighted by Crippen LogP contribution is 2.23. The number of nitrogens with one attached hydrogen (secondary N) is 1. The van der Waals surface area contributed by atoms with E-state index in [-0.39, 0.29) is 5.91 Å². The van der Waals surface area contributed by atoms with E-state index in [0.717, 1.165) is 36.2 Å². The number of piperidine rings is 1. The van der Waals surface area contributed by atoms with Gasteiger partial charge in [0.25, 0.3) is 0 Å². The largest absolute Gasteiger partial charge is 0.353 e. The smallest absolute Gasteiger partial charge is 0.243 e. The first-order valence-corrected chi connectivity index (χ1v) is 10.3. The van der Waals surface area contributed by atoms with Gasteiger partial charge in [-0.1, -0.05) is 79.2 Å². The van der Waals surface area contributed by atoms with E-state index < -0.39 is 0 Å². The normalized spacial score (nSPS) is 14.7. The molecule has 28 heavy (non-hydrogen) atoms. The van der Waals surface area contributed by atoms with E-state index in [2.05, 4.69) is 34.5 Å². The van der Waals surface area contributed by atoms with Gasteiger partial charge in [0, 0.05) is 12.6 Å². The number of hydrogen-bond acceptors (Lipinski definition) is 2. The summed E-state index contributed by atoms with van der Waals surface area (Å²) in [6, 6.07) is 20.5. The molecule has 0 unspecified atom stereocenters. The van der Waals surface area contributed by atoms with Gasteiger partial charge in [-0.3, -0.25) is 4.79 Å². The first kappa shape index (κ1) is 20.1. The summed E-state index contributed by atoms with van der Waals surface area (Å²) >= 11 is 0. The Bertz CT molecular complexity index is 733. The lowest BCUT2D eigenvalue weighted by Crippen LogP contribution is -2.33. The average Bonchev–Trinajstić information content (AvgIpc) is 2.76. The monoisotopic (exact) mass is 374 g/mol. The standard InChI is InChI=1S/C25H30N2O/c28-25(26-18-11-21-27-19-8-3-9-20-27)17-10-16-24(22-12-4-1-5-13-22)23-14-6-2-7-15-23/h1-2,4-7,10,12-17H,3,8-9,11,18-21H2,(H,26,28)/b17-10+. The Balaban J connectivity index is 1.53. The Morgan fingerprint density at radius 1 is 0.893 bits per heavy atom. The number of nitrogens with zero attached hydrogens (tertiary/aromatic N) is 1. The van der Waals surface area contributed by atoms with Crippen LogP contribution in [0.2, 0.25) is 0 Å². The maximum Gasteiger partial charge on any atom is 0.243 e. The summed E-state index contributed by atoms with van der Waals surface area (Å²) < 4.78 is 0. The van der Waals surface area contributed by atoms with Crippen molar-refractivity contribution >= 4 is 11.5 Å². The van der Waals surface area contributed by atoms with Crippen LogP contribution in [0.5, 0.6) is 0 Å². The molecule has 0 spiro atoms. The molecule has 1 aliphatic heterocycles. The Hall–Kier alpha value is -2.65. The van der Waals surface area contributed by atoms with Crippen LogP contribution in [-0.4, -0.2) is 37.0 Å². The predicted molar refractivity (Wildman–Crippen MR) is 117 cm³/mol. The van der Waals surface area contributed by atoms with Crippen LogP contribution in [0.25, 0.3) is 5.57 Å². The second-order valence-electron chi connectivity index (χ2n) is 7.22. The molecule has 1 saturated heterocycles. The summed E-state index contributed by atoms with van der Waals surface area (Å²) in [5.41, 5.74) is 3.39. The van der Waals surface area contributed by atoms with E-state index in [1.165, 1.54) is 32.4 Å². The summed E-state index contributed by atoms with van der Waals surface area (Å²) in [4.78, 5) is 14.6. The Morgan fingerprint density at radius 3 is 2.11 bits per heavy atom. The number of likely N-dealkylation sites (tertiary alicyclic amines) is 1. The van der Waals surface area contributed by atoms with E-state index in [1.807, 2.05) is 48.6 Å². The van der Waals surface area contributed by atoms with Gasteiger partial charge in [0.2, 0.25) is 5.91 Å². The molecule has 1 aliphatic rings. The Labute approximate surface area is 168 Å². The molecule has 1 fully saturated rings. The van der Waals surface area contributed by atoms with Crippen molar-refractivity contribution in [3.63, 3.8) is 0 Å².